The predicted octanol–water partition coefficient (Wildman–Crippen LogP) is 3.30. The fourth-order valence-electron chi connectivity index (χ4n) is 3.73. The Labute approximate surface area is 212 Å². The molecule has 1 aliphatic heterocycles. The summed E-state index contributed by atoms with van der Waals surface area (Å²) in [5.74, 6) is 0.0962. The molecule has 0 saturated heterocycles. The summed E-state index contributed by atoms with van der Waals surface area (Å²) in [6.45, 7) is 0.223. The van der Waals surface area contributed by atoms with Gasteiger partial charge in [0.15, 0.2) is 21.0 Å². The van der Waals surface area contributed by atoms with E-state index in [4.69, 9.17) is 21.5 Å². The maximum absolute atomic E-state index is 13.4. The molecule has 0 bridgehead atoms. The molecule has 0 spiro atoms. The minimum absolute atomic E-state index is 0.0716. The zero-order valence-corrected chi connectivity index (χ0v) is 20.8. The summed E-state index contributed by atoms with van der Waals surface area (Å²) in [6, 6.07) is 1.49. The van der Waals surface area contributed by atoms with Crippen LogP contribution in [0.1, 0.15) is 36.3 Å². The molecule has 3 aromatic rings. The monoisotopic (exact) mass is 564 g/mol. The molecule has 0 radical (unpaired) electrons. The van der Waals surface area contributed by atoms with Crippen LogP contribution in [0.3, 0.4) is 0 Å². The van der Waals surface area contributed by atoms with E-state index in [2.05, 4.69) is 25.2 Å². The van der Waals surface area contributed by atoms with Gasteiger partial charge >= 0.3 is 0 Å². The third-order valence-corrected chi connectivity index (χ3v) is 8.40. The van der Waals surface area contributed by atoms with Gasteiger partial charge in [-0.2, -0.15) is 0 Å². The van der Waals surface area contributed by atoms with E-state index < -0.39 is 33.7 Å². The maximum Gasteiger partial charge on any atom is 0.291 e. The van der Waals surface area contributed by atoms with Crippen LogP contribution in [0.4, 0.5) is 13.2 Å². The van der Waals surface area contributed by atoms with Crippen molar-refractivity contribution in [3.63, 3.8) is 0 Å². The third kappa shape index (κ3) is 5.25. The van der Waals surface area contributed by atoms with Gasteiger partial charge in [0.2, 0.25) is 10.0 Å². The first-order valence-corrected chi connectivity index (χ1v) is 13.2. The number of carboxylic acid groups (broad SMARTS) is 1. The fourth-order valence-corrected chi connectivity index (χ4v) is 6.15. The highest BCUT2D eigenvalue weighted by Gasteiger charge is 2.46. The van der Waals surface area contributed by atoms with Crippen molar-refractivity contribution in [3.05, 3.63) is 34.1 Å². The number of alkyl halides is 3. The lowest BCUT2D eigenvalue weighted by molar-refractivity contribution is -0.122. The number of sulfonamides is 1. The lowest BCUT2D eigenvalue weighted by Crippen LogP contribution is -2.38. The van der Waals surface area contributed by atoms with Gasteiger partial charge in [-0.15, -0.1) is 10.2 Å². The van der Waals surface area contributed by atoms with Crippen molar-refractivity contribution < 1.29 is 31.5 Å². The number of aromatic nitrogens is 4. The van der Waals surface area contributed by atoms with Crippen molar-refractivity contribution in [1.82, 2.24) is 29.6 Å². The van der Waals surface area contributed by atoms with Crippen LogP contribution in [-0.2, 0) is 14.8 Å². The van der Waals surface area contributed by atoms with Crippen molar-refractivity contribution in [2.24, 2.45) is 0 Å². The Kier molecular flexibility index (Phi) is 7.66. The molecule has 2 aliphatic rings. The van der Waals surface area contributed by atoms with E-state index in [9.17, 15) is 21.6 Å². The van der Waals surface area contributed by atoms with E-state index in [1.165, 1.54) is 16.7 Å². The number of carbonyl (C=O) groups is 1. The summed E-state index contributed by atoms with van der Waals surface area (Å²) in [5, 5.41) is 17.0. The van der Waals surface area contributed by atoms with E-state index in [1.807, 2.05) is 6.08 Å². The average Bonchev–Trinajstić information content (AvgIpc) is 3.29. The molecule has 194 valence electrons. The zero-order chi connectivity index (χ0) is 26.1. The highest BCUT2D eigenvalue weighted by Crippen LogP contribution is 2.39. The minimum Gasteiger partial charge on any atom is -0.483 e. The molecule has 0 unspecified atom stereocenters. The molecule has 36 heavy (non-hydrogen) atoms. The van der Waals surface area contributed by atoms with Crippen LogP contribution in [-0.4, -0.2) is 64.9 Å². The van der Waals surface area contributed by atoms with Gasteiger partial charge in [-0.3, -0.25) is 9.20 Å². The topological polar surface area (TPSA) is 139 Å². The Morgan fingerprint density at radius 2 is 2.08 bits per heavy atom. The second kappa shape index (κ2) is 10.4. The molecule has 10 nitrogen and oxygen atoms in total. The normalized spacial score (nSPS) is 17.0. The van der Waals surface area contributed by atoms with Gasteiger partial charge in [0.1, 0.15) is 6.67 Å². The van der Waals surface area contributed by atoms with Crippen LogP contribution in [0.5, 0.6) is 0 Å². The second-order valence-electron chi connectivity index (χ2n) is 8.09. The van der Waals surface area contributed by atoms with E-state index in [0.29, 0.717) is 54.8 Å². The summed E-state index contributed by atoms with van der Waals surface area (Å²) in [7, 11) is -4.10. The van der Waals surface area contributed by atoms with Crippen LogP contribution in [0.25, 0.3) is 21.9 Å². The first kappa shape index (κ1) is 26.5. The Hall–Kier alpha value is -2.59. The fraction of sp³-hybridized carbons (Fsp3) is 0.400. The maximum atomic E-state index is 13.4. The number of halogens is 4. The molecule has 1 saturated carbocycles. The quantitative estimate of drug-likeness (QED) is 0.372. The molecule has 4 heterocycles. The highest BCUT2D eigenvalue weighted by molar-refractivity contribution is 7.89. The lowest BCUT2D eigenvalue weighted by atomic mass is 10.0. The average molecular weight is 565 g/mol. The lowest BCUT2D eigenvalue weighted by Gasteiger charge is -2.18. The molecular weight excluding hydrogens is 545 g/mol. The van der Waals surface area contributed by atoms with E-state index >= 15 is 0 Å². The molecular formula is C20H20ClF3N6O4S2. The SMILES string of the molecule is O=CO.O=S(=O)(NC1(CF)CC1)c1cc(C2=CCNCC2)c2c(Cl)nc(-c3nnc(C(F)F)s3)n2c1. The third-order valence-electron chi connectivity index (χ3n) is 5.67. The molecule has 3 N–H and O–H groups in total. The summed E-state index contributed by atoms with van der Waals surface area (Å²) >= 11 is 7.09. The molecule has 0 atom stereocenters. The van der Waals surface area contributed by atoms with Crippen LogP contribution < -0.4 is 10.0 Å². The molecule has 0 aromatic carbocycles. The number of pyridine rings is 1. The molecule has 1 aliphatic carbocycles. The Morgan fingerprint density at radius 1 is 1.36 bits per heavy atom. The van der Waals surface area contributed by atoms with Gasteiger partial charge in [-0.25, -0.2) is 31.3 Å². The highest BCUT2D eigenvalue weighted by atomic mass is 35.5. The number of fused-ring (bicyclic) bond motifs is 1. The smallest absolute Gasteiger partial charge is 0.291 e. The zero-order valence-electron chi connectivity index (χ0n) is 18.4. The van der Waals surface area contributed by atoms with Crippen LogP contribution in [0.15, 0.2) is 23.2 Å². The van der Waals surface area contributed by atoms with E-state index in [-0.39, 0.29) is 27.4 Å². The minimum atomic E-state index is -4.10. The first-order chi connectivity index (χ1) is 17.1. The van der Waals surface area contributed by atoms with Crippen LogP contribution >= 0.6 is 22.9 Å². The molecule has 3 aromatic heterocycles. The second-order valence-corrected chi connectivity index (χ2v) is 11.1. The van der Waals surface area contributed by atoms with Gasteiger partial charge in [0.05, 0.1) is 16.0 Å². The molecule has 1 fully saturated rings. The first-order valence-electron chi connectivity index (χ1n) is 10.6. The molecule has 0 amide bonds. The van der Waals surface area contributed by atoms with Gasteiger partial charge < -0.3 is 10.4 Å². The van der Waals surface area contributed by atoms with Crippen molar-refractivity contribution >= 4 is 50.5 Å². The summed E-state index contributed by atoms with van der Waals surface area (Å²) < 4.78 is 69.8. The van der Waals surface area contributed by atoms with Gasteiger partial charge in [-0.05, 0) is 37.4 Å². The Balaban J connectivity index is 0.000000967. The standard InChI is InChI=1S/C19H18ClF3N6O2S2.CH2O2/c20-14-13-12(10-1-5-24-6-2-10)7-11(33(30,31)28-19(9-21)3-4-19)8-29(13)16(25-14)18-27-26-17(32-18)15(22)23;2-1-3/h1,7-8,15,24,28H,2-6,9H2;1H,(H,2,3). The molecule has 5 rings (SSSR count). The number of hydrogen-bond acceptors (Lipinski definition) is 8. The van der Waals surface area contributed by atoms with Crippen molar-refractivity contribution in [1.29, 1.82) is 0 Å². The number of hydrogen-bond donors (Lipinski definition) is 3. The summed E-state index contributed by atoms with van der Waals surface area (Å²) in [6.07, 6.45) is 1.87. The van der Waals surface area contributed by atoms with Crippen molar-refractivity contribution in [3.8, 4) is 10.8 Å². The summed E-state index contributed by atoms with van der Waals surface area (Å²) in [4.78, 5) is 12.5. The Bertz CT molecular complexity index is 1420. The van der Waals surface area contributed by atoms with Crippen molar-refractivity contribution in [2.75, 3.05) is 19.8 Å². The van der Waals surface area contributed by atoms with Gasteiger partial charge in [-0.1, -0.05) is 29.0 Å². The predicted molar refractivity (Wildman–Crippen MR) is 126 cm³/mol. The van der Waals surface area contributed by atoms with Crippen LogP contribution in [0, 0.1) is 0 Å². The van der Waals surface area contributed by atoms with Crippen molar-refractivity contribution in [2.45, 2.75) is 36.1 Å². The largest absolute Gasteiger partial charge is 0.483 e. The number of rotatable bonds is 7. The van der Waals surface area contributed by atoms with Gasteiger partial charge in [0.25, 0.3) is 12.9 Å². The molecule has 16 heteroatoms. The number of imidazole rings is 1. The number of nitrogens with one attached hydrogen (secondary N) is 2. The van der Waals surface area contributed by atoms with E-state index in [0.717, 1.165) is 5.57 Å². The van der Waals surface area contributed by atoms with E-state index in [1.54, 1.807) is 0 Å². The van der Waals surface area contributed by atoms with Gasteiger partial charge in [0, 0.05) is 18.3 Å². The summed E-state index contributed by atoms with van der Waals surface area (Å²) in [5.41, 5.74) is 0.760. The Morgan fingerprint density at radius 3 is 2.64 bits per heavy atom. The van der Waals surface area contributed by atoms with Crippen LogP contribution in [0.2, 0.25) is 5.15 Å². The number of nitrogens with zero attached hydrogens (tertiary/aromatic N) is 4.